The minimum Gasteiger partial charge on any atom is -0.463 e. The molecule has 1 amide bonds. The molecule has 29 heavy (non-hydrogen) atoms. The van der Waals surface area contributed by atoms with Crippen LogP contribution in [0.4, 0.5) is 0 Å². The minimum absolute atomic E-state index is 0.0307. The molecule has 160 valence electrons. The fraction of sp³-hybridized carbons (Fsp3) is 0.750. The summed E-state index contributed by atoms with van der Waals surface area (Å²) in [5, 5.41) is 0. The van der Waals surface area contributed by atoms with Gasteiger partial charge >= 0.3 is 13.1 Å². The molecule has 1 unspecified atom stereocenters. The molecule has 1 aromatic heterocycles. The van der Waals surface area contributed by atoms with Gasteiger partial charge in [0.15, 0.2) is 0 Å². The topological polar surface area (TPSA) is 73.8 Å². The number of hydrogen-bond acceptors (Lipinski definition) is 6. The lowest BCUT2D eigenvalue weighted by Crippen LogP contribution is -2.41. The largest absolute Gasteiger partial charge is 0.498 e. The van der Waals surface area contributed by atoms with E-state index in [0.717, 1.165) is 44.2 Å². The van der Waals surface area contributed by atoms with Crippen molar-refractivity contribution in [2.75, 3.05) is 25.6 Å². The summed E-state index contributed by atoms with van der Waals surface area (Å²) in [7, 11) is -0.473. The molecule has 1 aromatic rings. The van der Waals surface area contributed by atoms with Gasteiger partial charge in [0.25, 0.3) is 0 Å². The van der Waals surface area contributed by atoms with Crippen LogP contribution in [0.3, 0.4) is 0 Å². The van der Waals surface area contributed by atoms with E-state index < -0.39 is 18.3 Å². The van der Waals surface area contributed by atoms with Gasteiger partial charge in [-0.3, -0.25) is 4.79 Å². The van der Waals surface area contributed by atoms with Crippen LogP contribution in [-0.2, 0) is 14.1 Å². The van der Waals surface area contributed by atoms with E-state index in [1.54, 1.807) is 12.4 Å². The number of ether oxygens (including phenoxy) is 1. The second-order valence-corrected chi connectivity index (χ2v) is 9.13. The zero-order chi connectivity index (χ0) is 21.1. The number of carbonyl (C=O) groups is 1. The predicted octanol–water partition coefficient (Wildman–Crippen LogP) is 2.41. The van der Waals surface area contributed by atoms with Gasteiger partial charge in [0.05, 0.1) is 17.8 Å². The lowest BCUT2D eigenvalue weighted by Gasteiger charge is -2.32. The van der Waals surface area contributed by atoms with Crippen LogP contribution in [0.1, 0.15) is 53.4 Å². The first kappa shape index (κ1) is 22.3. The van der Waals surface area contributed by atoms with Crippen molar-refractivity contribution in [1.29, 1.82) is 0 Å². The van der Waals surface area contributed by atoms with Gasteiger partial charge < -0.3 is 18.9 Å². The van der Waals surface area contributed by atoms with E-state index in [4.69, 9.17) is 25.6 Å². The van der Waals surface area contributed by atoms with Crippen LogP contribution in [0.25, 0.3) is 0 Å². The number of aromatic nitrogens is 2. The summed E-state index contributed by atoms with van der Waals surface area (Å²) < 4.78 is 17.7. The summed E-state index contributed by atoms with van der Waals surface area (Å²) in [6.45, 7) is 10.2. The molecule has 2 aliphatic heterocycles. The van der Waals surface area contributed by atoms with Crippen LogP contribution in [0.15, 0.2) is 12.4 Å². The summed E-state index contributed by atoms with van der Waals surface area (Å²) in [5.41, 5.74) is -0.00602. The Balaban J connectivity index is 1.41. The van der Waals surface area contributed by atoms with Gasteiger partial charge in [-0.05, 0) is 59.3 Å². The molecule has 0 aromatic carbocycles. The number of alkyl halides is 1. The zero-order valence-corrected chi connectivity index (χ0v) is 18.6. The molecule has 9 heteroatoms. The van der Waals surface area contributed by atoms with Crippen LogP contribution in [0, 0.1) is 5.92 Å². The highest BCUT2D eigenvalue weighted by Gasteiger charge is 2.51. The normalized spacial score (nSPS) is 23.3. The van der Waals surface area contributed by atoms with Crippen molar-refractivity contribution in [3.05, 3.63) is 12.4 Å². The summed E-state index contributed by atoms with van der Waals surface area (Å²) in [5.74, 6) is 0.601. The number of likely N-dealkylation sites (tertiary alicyclic amines) is 1. The Hall–Kier alpha value is -1.38. The third-order valence-electron chi connectivity index (χ3n) is 6.15. The Bertz CT molecular complexity index is 685. The minimum atomic E-state index is -0.473. The second-order valence-electron chi connectivity index (χ2n) is 8.86. The molecular weight excluding hydrogens is 393 g/mol. The van der Waals surface area contributed by atoms with Crippen molar-refractivity contribution in [3.63, 3.8) is 0 Å². The van der Waals surface area contributed by atoms with Crippen molar-refractivity contribution in [2.45, 2.75) is 64.6 Å². The molecule has 0 bridgehead atoms. The van der Waals surface area contributed by atoms with Crippen molar-refractivity contribution < 1.29 is 18.8 Å². The molecule has 0 radical (unpaired) electrons. The predicted molar refractivity (Wildman–Crippen MR) is 113 cm³/mol. The molecule has 3 rings (SSSR count). The summed E-state index contributed by atoms with van der Waals surface area (Å²) >= 11 is 5.67. The quantitative estimate of drug-likeness (QED) is 0.381. The van der Waals surface area contributed by atoms with Gasteiger partial charge in [-0.2, -0.15) is 0 Å². The van der Waals surface area contributed by atoms with Crippen LogP contribution in [0.5, 0.6) is 6.01 Å². The van der Waals surface area contributed by atoms with Gasteiger partial charge in [0.1, 0.15) is 5.88 Å². The maximum atomic E-state index is 11.8. The highest BCUT2D eigenvalue weighted by atomic mass is 35.5. The van der Waals surface area contributed by atoms with Crippen molar-refractivity contribution in [3.8, 4) is 6.01 Å². The maximum Gasteiger partial charge on any atom is 0.498 e. The van der Waals surface area contributed by atoms with E-state index >= 15 is 0 Å². The molecule has 0 aliphatic carbocycles. The summed E-state index contributed by atoms with van der Waals surface area (Å²) in [6, 6.07) is 0.354. The van der Waals surface area contributed by atoms with Gasteiger partial charge in [-0.15, -0.1) is 11.6 Å². The first-order chi connectivity index (χ1) is 13.7. The number of carbonyl (C=O) groups excluding carboxylic acids is 1. The van der Waals surface area contributed by atoms with E-state index in [1.165, 1.54) is 0 Å². The maximum absolute atomic E-state index is 11.8. The highest BCUT2D eigenvalue weighted by molar-refractivity contribution is 6.61. The number of halogens is 1. The van der Waals surface area contributed by atoms with E-state index in [2.05, 4.69) is 9.97 Å². The van der Waals surface area contributed by atoms with Gasteiger partial charge in [0.2, 0.25) is 5.91 Å². The monoisotopic (exact) mass is 423 g/mol. The van der Waals surface area contributed by atoms with Gasteiger partial charge in [-0.25, -0.2) is 9.97 Å². The van der Waals surface area contributed by atoms with Gasteiger partial charge in [-0.1, -0.05) is 0 Å². The Morgan fingerprint density at radius 1 is 1.28 bits per heavy atom. The Labute approximate surface area is 178 Å². The van der Waals surface area contributed by atoms with Crippen molar-refractivity contribution >= 4 is 30.1 Å². The van der Waals surface area contributed by atoms with Crippen LogP contribution >= 0.6 is 11.6 Å². The number of piperidine rings is 1. The van der Waals surface area contributed by atoms with Crippen LogP contribution < -0.4 is 10.2 Å². The Morgan fingerprint density at radius 2 is 1.93 bits per heavy atom. The molecule has 2 fully saturated rings. The fourth-order valence-electron chi connectivity index (χ4n) is 3.65. The van der Waals surface area contributed by atoms with Gasteiger partial charge in [0, 0.05) is 30.9 Å². The molecule has 2 aliphatic rings. The zero-order valence-electron chi connectivity index (χ0n) is 17.8. The van der Waals surface area contributed by atoms with Crippen molar-refractivity contribution in [1.82, 2.24) is 14.9 Å². The standard InChI is InChI=1S/C20H31BClN3O4/c1-19(2)20(3,4)29-21(28-19)16-12-23-18(24-13-16)27-10-6-8-15-7-5-9-25(14-15)17(26)11-22/h12-13,15H,5-11,14H2,1-4H3. The summed E-state index contributed by atoms with van der Waals surface area (Å²) in [4.78, 5) is 22.2. The Kier molecular flexibility index (Phi) is 7.07. The lowest BCUT2D eigenvalue weighted by molar-refractivity contribution is -0.130. The third kappa shape index (κ3) is 5.41. The summed E-state index contributed by atoms with van der Waals surface area (Å²) in [6.07, 6.45) is 7.49. The van der Waals surface area contributed by atoms with E-state index in [0.29, 0.717) is 18.5 Å². The molecule has 1 atom stereocenters. The molecule has 3 heterocycles. The third-order valence-corrected chi connectivity index (χ3v) is 6.38. The average molecular weight is 424 g/mol. The molecule has 0 N–H and O–H groups in total. The molecule has 7 nitrogen and oxygen atoms in total. The van der Waals surface area contributed by atoms with Crippen molar-refractivity contribution in [2.24, 2.45) is 5.92 Å². The number of amides is 1. The highest BCUT2D eigenvalue weighted by Crippen LogP contribution is 2.36. The smallest absolute Gasteiger partial charge is 0.463 e. The average Bonchev–Trinajstić information content (AvgIpc) is 2.92. The lowest BCUT2D eigenvalue weighted by atomic mass is 9.81. The molecular formula is C20H31BClN3O4. The second kappa shape index (κ2) is 9.19. The SMILES string of the molecule is CC1(C)OB(c2cnc(OCCCC3CCCN(C(=O)CCl)C3)nc2)OC1(C)C. The Morgan fingerprint density at radius 3 is 2.55 bits per heavy atom. The first-order valence-electron chi connectivity index (χ1n) is 10.4. The first-order valence-corrected chi connectivity index (χ1v) is 10.9. The van der Waals surface area contributed by atoms with E-state index in [9.17, 15) is 4.79 Å². The van der Waals surface area contributed by atoms with Crippen LogP contribution in [0.2, 0.25) is 0 Å². The molecule has 0 saturated carbocycles. The fourth-order valence-corrected chi connectivity index (χ4v) is 3.82. The van der Waals surface area contributed by atoms with E-state index in [1.807, 2.05) is 32.6 Å². The number of nitrogens with zero attached hydrogens (tertiary/aromatic N) is 3. The van der Waals surface area contributed by atoms with Crippen LogP contribution in [-0.4, -0.2) is 64.7 Å². The number of hydrogen-bond donors (Lipinski definition) is 0. The van der Waals surface area contributed by atoms with E-state index in [-0.39, 0.29) is 11.8 Å². The molecule has 2 saturated heterocycles. The number of rotatable bonds is 7. The molecule has 0 spiro atoms.